The molecule has 1 aromatic heterocycles. The molecule has 0 fully saturated rings. The highest BCUT2D eigenvalue weighted by Crippen LogP contribution is 2.12. The monoisotopic (exact) mass is 197 g/mol. The largest absolute Gasteiger partial charge is 0.366 e. The van der Waals surface area contributed by atoms with E-state index in [1.807, 2.05) is 25.9 Å². The normalized spacial score (nSPS) is 11.5. The molecule has 0 saturated carbocycles. The second-order valence-electron chi connectivity index (χ2n) is 2.89. The van der Waals surface area contributed by atoms with Crippen LogP contribution in [0.1, 0.15) is 6.92 Å². The first-order valence-electron chi connectivity index (χ1n) is 3.94. The van der Waals surface area contributed by atoms with E-state index in [9.17, 15) is 0 Å². The molecule has 0 aromatic carbocycles. The number of hydrogen-bond donors (Lipinski definition) is 0. The maximum absolute atomic E-state index is 5.69. The number of nitrogens with zero attached hydrogens (tertiary/aromatic N) is 3. The van der Waals surface area contributed by atoms with Gasteiger partial charge in [-0.3, -0.25) is 0 Å². The smallest absolute Gasteiger partial charge is 0.153 e. The summed E-state index contributed by atoms with van der Waals surface area (Å²) < 4.78 is 0. The van der Waals surface area contributed by atoms with E-state index < -0.39 is 0 Å². The number of amidine groups is 1. The van der Waals surface area contributed by atoms with Gasteiger partial charge in [0.1, 0.15) is 5.84 Å². The van der Waals surface area contributed by atoms with Gasteiger partial charge in [-0.25, -0.2) is 9.98 Å². The third-order valence-electron chi connectivity index (χ3n) is 1.64. The highest BCUT2D eigenvalue weighted by atomic mass is 35.5. The minimum atomic E-state index is 0.626. The maximum atomic E-state index is 5.69. The summed E-state index contributed by atoms with van der Waals surface area (Å²) in [5.74, 6) is 1.59. The molecule has 4 heteroatoms. The first-order chi connectivity index (χ1) is 6.09. The van der Waals surface area contributed by atoms with E-state index in [1.165, 1.54) is 0 Å². The maximum Gasteiger partial charge on any atom is 0.153 e. The number of aromatic nitrogens is 1. The van der Waals surface area contributed by atoms with E-state index in [1.54, 1.807) is 18.3 Å². The van der Waals surface area contributed by atoms with Crippen LogP contribution in [0, 0.1) is 0 Å². The molecule has 0 bridgehead atoms. The first kappa shape index (κ1) is 9.99. The zero-order chi connectivity index (χ0) is 9.84. The summed E-state index contributed by atoms with van der Waals surface area (Å²) in [6.07, 6.45) is 1.59. The van der Waals surface area contributed by atoms with E-state index in [2.05, 4.69) is 9.98 Å². The Hall–Kier alpha value is -1.09. The lowest BCUT2D eigenvalue weighted by Crippen LogP contribution is -2.17. The van der Waals surface area contributed by atoms with Crippen LogP contribution in [0.4, 0.5) is 5.82 Å². The van der Waals surface area contributed by atoms with Gasteiger partial charge in [0.25, 0.3) is 0 Å². The summed E-state index contributed by atoms with van der Waals surface area (Å²) in [4.78, 5) is 10.3. The molecule has 0 saturated heterocycles. The highest BCUT2D eigenvalue weighted by Gasteiger charge is 1.95. The van der Waals surface area contributed by atoms with Crippen LogP contribution in [-0.4, -0.2) is 29.8 Å². The quantitative estimate of drug-likeness (QED) is 0.511. The number of rotatable bonds is 1. The van der Waals surface area contributed by atoms with E-state index in [4.69, 9.17) is 11.6 Å². The van der Waals surface area contributed by atoms with E-state index in [0.717, 1.165) is 5.84 Å². The van der Waals surface area contributed by atoms with Crippen molar-refractivity contribution in [2.45, 2.75) is 6.92 Å². The molecular weight excluding hydrogens is 186 g/mol. The van der Waals surface area contributed by atoms with Crippen molar-refractivity contribution >= 4 is 23.3 Å². The van der Waals surface area contributed by atoms with Gasteiger partial charge >= 0.3 is 0 Å². The molecule has 0 amide bonds. The third-order valence-corrected chi connectivity index (χ3v) is 1.86. The highest BCUT2D eigenvalue weighted by molar-refractivity contribution is 6.30. The molecule has 13 heavy (non-hydrogen) atoms. The Balaban J connectivity index is 2.85. The Morgan fingerprint density at radius 3 is 2.62 bits per heavy atom. The molecule has 70 valence electrons. The minimum Gasteiger partial charge on any atom is -0.366 e. The van der Waals surface area contributed by atoms with Gasteiger partial charge in [0, 0.05) is 20.3 Å². The van der Waals surface area contributed by atoms with Crippen molar-refractivity contribution in [2.24, 2.45) is 4.99 Å². The SMILES string of the molecule is CC(=Nc1ccc(Cl)cn1)N(C)C. The zero-order valence-corrected chi connectivity index (χ0v) is 8.71. The van der Waals surface area contributed by atoms with Gasteiger partial charge in [-0.05, 0) is 19.1 Å². The van der Waals surface area contributed by atoms with Crippen molar-refractivity contribution in [3.8, 4) is 0 Å². The van der Waals surface area contributed by atoms with Crippen LogP contribution in [0.15, 0.2) is 23.3 Å². The topological polar surface area (TPSA) is 28.5 Å². The summed E-state index contributed by atoms with van der Waals surface area (Å²) in [5, 5.41) is 0.626. The number of aliphatic imine (C=N–C) groups is 1. The van der Waals surface area contributed by atoms with E-state index in [-0.39, 0.29) is 0 Å². The van der Waals surface area contributed by atoms with Gasteiger partial charge in [-0.1, -0.05) is 11.6 Å². The molecule has 3 nitrogen and oxygen atoms in total. The van der Waals surface area contributed by atoms with Crippen LogP contribution < -0.4 is 0 Å². The van der Waals surface area contributed by atoms with E-state index in [0.29, 0.717) is 10.8 Å². The zero-order valence-electron chi connectivity index (χ0n) is 7.95. The van der Waals surface area contributed by atoms with Crippen LogP contribution in [0.3, 0.4) is 0 Å². The molecule has 0 spiro atoms. The van der Waals surface area contributed by atoms with Crippen LogP contribution in [0.2, 0.25) is 5.02 Å². The number of hydrogen-bond acceptors (Lipinski definition) is 2. The predicted molar refractivity (Wildman–Crippen MR) is 55.7 cm³/mol. The van der Waals surface area contributed by atoms with Crippen molar-refractivity contribution < 1.29 is 0 Å². The Labute approximate surface area is 83.1 Å². The first-order valence-corrected chi connectivity index (χ1v) is 4.31. The fraction of sp³-hybridized carbons (Fsp3) is 0.333. The molecule has 0 unspecified atom stereocenters. The lowest BCUT2D eigenvalue weighted by molar-refractivity contribution is 0.618. The molecule has 0 aliphatic rings. The van der Waals surface area contributed by atoms with E-state index >= 15 is 0 Å². The Morgan fingerprint density at radius 1 is 1.46 bits per heavy atom. The van der Waals surface area contributed by atoms with Crippen LogP contribution in [0.5, 0.6) is 0 Å². The number of pyridine rings is 1. The summed E-state index contributed by atoms with van der Waals surface area (Å²) in [5.41, 5.74) is 0. The summed E-state index contributed by atoms with van der Waals surface area (Å²) in [6, 6.07) is 3.56. The van der Waals surface area contributed by atoms with Gasteiger partial charge < -0.3 is 4.90 Å². The molecule has 1 aromatic rings. The third kappa shape index (κ3) is 3.03. The molecular formula is C9H12ClN3. The average Bonchev–Trinajstić information content (AvgIpc) is 2.08. The predicted octanol–water partition coefficient (Wildman–Crippen LogP) is 2.35. The standard InChI is InChI=1S/C9H12ClN3/c1-7(13(2)3)12-9-5-4-8(10)6-11-9/h4-6H,1-3H3. The van der Waals surface area contributed by atoms with Crippen molar-refractivity contribution in [3.63, 3.8) is 0 Å². The van der Waals surface area contributed by atoms with Gasteiger partial charge in [0.2, 0.25) is 0 Å². The lowest BCUT2D eigenvalue weighted by Gasteiger charge is -2.10. The molecule has 0 aliphatic heterocycles. The second-order valence-corrected chi connectivity index (χ2v) is 3.32. The molecule has 0 atom stereocenters. The minimum absolute atomic E-state index is 0.626. The summed E-state index contributed by atoms with van der Waals surface area (Å²) in [6.45, 7) is 1.93. The Morgan fingerprint density at radius 2 is 2.15 bits per heavy atom. The summed E-state index contributed by atoms with van der Waals surface area (Å²) >= 11 is 5.69. The molecule has 0 N–H and O–H groups in total. The van der Waals surface area contributed by atoms with Gasteiger partial charge in [-0.2, -0.15) is 0 Å². The average molecular weight is 198 g/mol. The van der Waals surface area contributed by atoms with Crippen molar-refractivity contribution in [1.82, 2.24) is 9.88 Å². The van der Waals surface area contributed by atoms with Crippen LogP contribution in [0.25, 0.3) is 0 Å². The van der Waals surface area contributed by atoms with Crippen molar-refractivity contribution in [1.29, 1.82) is 0 Å². The fourth-order valence-corrected chi connectivity index (χ4v) is 0.812. The second kappa shape index (κ2) is 4.23. The van der Waals surface area contributed by atoms with Gasteiger partial charge in [0.15, 0.2) is 5.82 Å². The van der Waals surface area contributed by atoms with Crippen molar-refractivity contribution in [2.75, 3.05) is 14.1 Å². The molecule has 1 heterocycles. The molecule has 0 aliphatic carbocycles. The Kier molecular flexibility index (Phi) is 3.25. The van der Waals surface area contributed by atoms with Crippen molar-refractivity contribution in [3.05, 3.63) is 23.4 Å². The fourth-order valence-electron chi connectivity index (χ4n) is 0.700. The van der Waals surface area contributed by atoms with Crippen LogP contribution >= 0.6 is 11.6 Å². The lowest BCUT2D eigenvalue weighted by atomic mass is 10.4. The Bertz CT molecular complexity index is 303. The summed E-state index contributed by atoms with van der Waals surface area (Å²) in [7, 11) is 3.88. The number of halogens is 1. The van der Waals surface area contributed by atoms with Crippen LogP contribution in [-0.2, 0) is 0 Å². The molecule has 0 radical (unpaired) electrons. The molecule has 1 rings (SSSR count). The van der Waals surface area contributed by atoms with Gasteiger partial charge in [0.05, 0.1) is 5.02 Å². The van der Waals surface area contributed by atoms with Gasteiger partial charge in [-0.15, -0.1) is 0 Å².